The normalized spacial score (nSPS) is 19.0. The van der Waals surface area contributed by atoms with Crippen LogP contribution in [-0.4, -0.2) is 59.8 Å². The average Bonchev–Trinajstić information content (AvgIpc) is 2.46. The highest BCUT2D eigenvalue weighted by Gasteiger charge is 2.30. The van der Waals surface area contributed by atoms with Crippen molar-refractivity contribution in [2.75, 3.05) is 26.8 Å². The largest absolute Gasteiger partial charge is 0.480 e. The molecule has 0 aliphatic carbocycles. The van der Waals surface area contributed by atoms with E-state index in [-0.39, 0.29) is 24.9 Å². The van der Waals surface area contributed by atoms with Gasteiger partial charge < -0.3 is 19.5 Å². The number of hydrogen-bond acceptors (Lipinski definition) is 5. The van der Waals surface area contributed by atoms with E-state index >= 15 is 0 Å². The summed E-state index contributed by atoms with van der Waals surface area (Å²) in [7, 11) is 1.43. The molecule has 0 unspecified atom stereocenters. The van der Waals surface area contributed by atoms with Crippen LogP contribution in [0.5, 0.6) is 5.88 Å². The van der Waals surface area contributed by atoms with Crippen LogP contribution in [0.15, 0.2) is 18.3 Å². The average molecular weight is 266 g/mol. The van der Waals surface area contributed by atoms with Crippen LogP contribution in [0.2, 0.25) is 0 Å². The predicted molar refractivity (Wildman–Crippen MR) is 64.1 cm³/mol. The molecule has 1 aromatic heterocycles. The first kappa shape index (κ1) is 13.3. The standard InChI is InChI=1S/C12H14N2O5/c1-18-10-8(3-2-4-13-10)11(15)14-5-6-19-9(7-14)12(16)17/h2-4,9H,5-7H2,1H3,(H,16,17)/t9-/m0/s1. The van der Waals surface area contributed by atoms with E-state index < -0.39 is 12.1 Å². The van der Waals surface area contributed by atoms with Crippen molar-refractivity contribution in [3.63, 3.8) is 0 Å². The van der Waals surface area contributed by atoms with Gasteiger partial charge >= 0.3 is 5.97 Å². The van der Waals surface area contributed by atoms with Crippen molar-refractivity contribution in [2.45, 2.75) is 6.10 Å². The van der Waals surface area contributed by atoms with Crippen molar-refractivity contribution in [2.24, 2.45) is 0 Å². The molecule has 1 aliphatic rings. The number of carboxylic acid groups (broad SMARTS) is 1. The van der Waals surface area contributed by atoms with Crippen molar-refractivity contribution in [1.29, 1.82) is 0 Å². The van der Waals surface area contributed by atoms with Crippen LogP contribution in [0.25, 0.3) is 0 Å². The lowest BCUT2D eigenvalue weighted by atomic mass is 10.2. The van der Waals surface area contributed by atoms with Gasteiger partial charge in [0.15, 0.2) is 6.10 Å². The second-order valence-corrected chi connectivity index (χ2v) is 4.01. The van der Waals surface area contributed by atoms with E-state index in [1.807, 2.05) is 0 Å². The summed E-state index contributed by atoms with van der Waals surface area (Å²) in [6, 6.07) is 3.23. The molecule has 1 N–H and O–H groups in total. The molecule has 1 aromatic rings. The van der Waals surface area contributed by atoms with Gasteiger partial charge in [-0.2, -0.15) is 0 Å². The fourth-order valence-corrected chi connectivity index (χ4v) is 1.87. The molecule has 0 saturated carbocycles. The van der Waals surface area contributed by atoms with Gasteiger partial charge in [0.1, 0.15) is 5.56 Å². The Bertz CT molecular complexity index is 491. The maximum Gasteiger partial charge on any atom is 0.334 e. The Morgan fingerprint density at radius 3 is 3.05 bits per heavy atom. The number of morpholine rings is 1. The Morgan fingerprint density at radius 2 is 2.37 bits per heavy atom. The summed E-state index contributed by atoms with van der Waals surface area (Å²) in [5, 5.41) is 8.91. The minimum atomic E-state index is -1.07. The Balaban J connectivity index is 2.17. The molecule has 1 amide bonds. The first-order valence-corrected chi connectivity index (χ1v) is 5.76. The number of rotatable bonds is 3. The lowest BCUT2D eigenvalue weighted by molar-refractivity contribution is -0.154. The van der Waals surface area contributed by atoms with Crippen molar-refractivity contribution in [3.05, 3.63) is 23.9 Å². The molecule has 1 atom stereocenters. The third-order valence-electron chi connectivity index (χ3n) is 2.82. The minimum Gasteiger partial charge on any atom is -0.480 e. The summed E-state index contributed by atoms with van der Waals surface area (Å²) in [5.41, 5.74) is 0.316. The van der Waals surface area contributed by atoms with Crippen LogP contribution in [0.4, 0.5) is 0 Å². The number of carboxylic acids is 1. The number of hydrogen-bond donors (Lipinski definition) is 1. The number of ether oxygens (including phenoxy) is 2. The number of pyridine rings is 1. The SMILES string of the molecule is COc1ncccc1C(=O)N1CCO[C@H](C(=O)O)C1. The molecular weight excluding hydrogens is 252 g/mol. The third kappa shape index (κ3) is 2.82. The smallest absolute Gasteiger partial charge is 0.334 e. The van der Waals surface area contributed by atoms with E-state index in [0.717, 1.165) is 0 Å². The van der Waals surface area contributed by atoms with E-state index in [1.54, 1.807) is 12.1 Å². The van der Waals surface area contributed by atoms with E-state index in [4.69, 9.17) is 14.6 Å². The minimum absolute atomic E-state index is 0.0201. The second-order valence-electron chi connectivity index (χ2n) is 4.01. The van der Waals surface area contributed by atoms with Gasteiger partial charge in [-0.15, -0.1) is 0 Å². The lowest BCUT2D eigenvalue weighted by Crippen LogP contribution is -2.48. The molecule has 7 heteroatoms. The summed E-state index contributed by atoms with van der Waals surface area (Å²) in [5.74, 6) is -1.15. The van der Waals surface area contributed by atoms with Crippen molar-refractivity contribution in [3.8, 4) is 5.88 Å². The molecule has 7 nitrogen and oxygen atoms in total. The monoisotopic (exact) mass is 266 g/mol. The Morgan fingerprint density at radius 1 is 1.58 bits per heavy atom. The number of amides is 1. The van der Waals surface area contributed by atoms with Gasteiger partial charge in [-0.1, -0.05) is 0 Å². The van der Waals surface area contributed by atoms with Gasteiger partial charge in [0, 0.05) is 12.7 Å². The molecule has 2 heterocycles. The van der Waals surface area contributed by atoms with Crippen molar-refractivity contribution < 1.29 is 24.2 Å². The molecule has 19 heavy (non-hydrogen) atoms. The predicted octanol–water partition coefficient (Wildman–Crippen LogP) is 0.0158. The summed E-state index contributed by atoms with van der Waals surface area (Å²) in [4.78, 5) is 28.6. The zero-order valence-corrected chi connectivity index (χ0v) is 10.4. The van der Waals surface area contributed by atoms with E-state index in [1.165, 1.54) is 18.2 Å². The Labute approximate surface area is 109 Å². The highest BCUT2D eigenvalue weighted by molar-refractivity contribution is 5.96. The molecular formula is C12H14N2O5. The van der Waals surface area contributed by atoms with E-state index in [0.29, 0.717) is 12.1 Å². The number of methoxy groups -OCH3 is 1. The molecule has 1 fully saturated rings. The quantitative estimate of drug-likeness (QED) is 0.829. The zero-order chi connectivity index (χ0) is 13.8. The van der Waals surface area contributed by atoms with Crippen LogP contribution < -0.4 is 4.74 Å². The molecule has 0 radical (unpaired) electrons. The number of nitrogens with zero attached hydrogens (tertiary/aromatic N) is 2. The van der Waals surface area contributed by atoms with Gasteiger partial charge in [0.25, 0.3) is 5.91 Å². The molecule has 1 aliphatic heterocycles. The van der Waals surface area contributed by atoms with Crippen molar-refractivity contribution in [1.82, 2.24) is 9.88 Å². The first-order valence-electron chi connectivity index (χ1n) is 5.76. The maximum absolute atomic E-state index is 12.3. The van der Waals surface area contributed by atoms with Crippen LogP contribution in [0, 0.1) is 0 Å². The molecule has 0 spiro atoms. The number of carbonyl (C=O) groups excluding carboxylic acids is 1. The molecule has 1 saturated heterocycles. The number of aromatic nitrogens is 1. The molecule has 0 aromatic carbocycles. The van der Waals surface area contributed by atoms with Crippen LogP contribution in [0.1, 0.15) is 10.4 Å². The van der Waals surface area contributed by atoms with Gasteiger partial charge in [-0.3, -0.25) is 4.79 Å². The van der Waals surface area contributed by atoms with Crippen molar-refractivity contribution >= 4 is 11.9 Å². The fourth-order valence-electron chi connectivity index (χ4n) is 1.87. The maximum atomic E-state index is 12.3. The first-order chi connectivity index (χ1) is 9.13. The topological polar surface area (TPSA) is 89.0 Å². The van der Waals surface area contributed by atoms with Gasteiger partial charge in [0.05, 0.1) is 20.3 Å². The van der Waals surface area contributed by atoms with Gasteiger partial charge in [0.2, 0.25) is 5.88 Å². The number of carbonyl (C=O) groups is 2. The number of aliphatic carboxylic acids is 1. The van der Waals surface area contributed by atoms with Crippen LogP contribution in [-0.2, 0) is 9.53 Å². The van der Waals surface area contributed by atoms with Crippen LogP contribution in [0.3, 0.4) is 0 Å². The highest BCUT2D eigenvalue weighted by Crippen LogP contribution is 2.18. The Hall–Kier alpha value is -2.15. The molecule has 102 valence electrons. The molecule has 0 bridgehead atoms. The molecule has 2 rings (SSSR count). The third-order valence-corrected chi connectivity index (χ3v) is 2.82. The lowest BCUT2D eigenvalue weighted by Gasteiger charge is -2.31. The Kier molecular flexibility index (Phi) is 3.96. The van der Waals surface area contributed by atoms with E-state index in [2.05, 4.69) is 4.98 Å². The van der Waals surface area contributed by atoms with Gasteiger partial charge in [-0.05, 0) is 12.1 Å². The van der Waals surface area contributed by atoms with E-state index in [9.17, 15) is 9.59 Å². The van der Waals surface area contributed by atoms with Crippen LogP contribution >= 0.6 is 0 Å². The summed E-state index contributed by atoms with van der Waals surface area (Å²) in [6.07, 6.45) is 0.537. The second kappa shape index (κ2) is 5.66. The fraction of sp³-hybridized carbons (Fsp3) is 0.417. The summed E-state index contributed by atoms with van der Waals surface area (Å²) in [6.45, 7) is 0.568. The summed E-state index contributed by atoms with van der Waals surface area (Å²) < 4.78 is 10.1. The highest BCUT2D eigenvalue weighted by atomic mass is 16.5. The van der Waals surface area contributed by atoms with Gasteiger partial charge in [-0.25, -0.2) is 9.78 Å². The summed E-state index contributed by atoms with van der Waals surface area (Å²) >= 11 is 0. The zero-order valence-electron chi connectivity index (χ0n) is 10.4.